The molecule has 0 fully saturated rings. The van der Waals surface area contributed by atoms with Gasteiger partial charge in [-0.05, 0) is 36.4 Å². The molecule has 0 aliphatic heterocycles. The monoisotopic (exact) mass is 499 g/mol. The molecule has 4 aromatic rings. The molecular weight excluding hydrogens is 478 g/mol. The fourth-order valence-corrected chi connectivity index (χ4v) is 3.74. The third-order valence-corrected chi connectivity index (χ3v) is 5.72. The van der Waals surface area contributed by atoms with Gasteiger partial charge >= 0.3 is 6.18 Å². The second-order valence-corrected chi connectivity index (χ2v) is 8.16. The van der Waals surface area contributed by atoms with E-state index < -0.39 is 23.6 Å². The number of hydrogen-bond acceptors (Lipinski definition) is 6. The summed E-state index contributed by atoms with van der Waals surface area (Å²) >= 11 is 0. The van der Waals surface area contributed by atoms with Crippen molar-refractivity contribution in [2.24, 2.45) is 0 Å². The van der Waals surface area contributed by atoms with Gasteiger partial charge in [0, 0.05) is 23.2 Å². The van der Waals surface area contributed by atoms with Crippen molar-refractivity contribution in [1.29, 1.82) is 0 Å². The molecule has 3 aromatic carbocycles. The lowest BCUT2D eigenvalue weighted by Crippen LogP contribution is -2.35. The highest BCUT2D eigenvalue weighted by molar-refractivity contribution is 5.73. The summed E-state index contributed by atoms with van der Waals surface area (Å²) in [5.74, 6) is -0.697. The molecule has 1 N–H and O–H groups in total. The van der Waals surface area contributed by atoms with Gasteiger partial charge in [0.2, 0.25) is 5.82 Å². The summed E-state index contributed by atoms with van der Waals surface area (Å²) in [6, 6.07) is 15.1. The van der Waals surface area contributed by atoms with Crippen LogP contribution in [0.25, 0.3) is 34.0 Å². The molecule has 0 bridgehead atoms. The van der Waals surface area contributed by atoms with Crippen molar-refractivity contribution in [1.82, 2.24) is 15.0 Å². The molecule has 0 aliphatic rings. The van der Waals surface area contributed by atoms with E-state index in [2.05, 4.69) is 10.1 Å². The number of aliphatic hydroxyl groups excluding tert-OH is 1. The van der Waals surface area contributed by atoms with Crippen molar-refractivity contribution in [3.05, 3.63) is 83.7 Å². The van der Waals surface area contributed by atoms with Crippen LogP contribution in [0.5, 0.6) is 0 Å². The molecule has 1 aromatic heterocycles. The molecule has 0 saturated carbocycles. The quantitative estimate of drug-likeness (QED) is 0.265. The van der Waals surface area contributed by atoms with Gasteiger partial charge in [0.05, 0.1) is 18.2 Å². The third kappa shape index (κ3) is 5.34. The van der Waals surface area contributed by atoms with Crippen molar-refractivity contribution in [3.63, 3.8) is 0 Å². The van der Waals surface area contributed by atoms with E-state index in [9.17, 15) is 27.5 Å². The normalized spacial score (nSPS) is 12.6. The molecule has 10 heteroatoms. The van der Waals surface area contributed by atoms with Gasteiger partial charge in [0.1, 0.15) is 12.1 Å². The van der Waals surface area contributed by atoms with Crippen molar-refractivity contribution in [3.8, 4) is 34.0 Å². The molecule has 6 nitrogen and oxygen atoms in total. The van der Waals surface area contributed by atoms with Gasteiger partial charge in [-0.3, -0.25) is 4.90 Å². The van der Waals surface area contributed by atoms with Crippen molar-refractivity contribution >= 4 is 6.29 Å². The molecule has 0 aliphatic carbocycles. The maximum absolute atomic E-state index is 14.2. The van der Waals surface area contributed by atoms with Crippen molar-refractivity contribution in [2.45, 2.75) is 18.8 Å². The van der Waals surface area contributed by atoms with Gasteiger partial charge in [-0.1, -0.05) is 53.7 Å². The summed E-state index contributed by atoms with van der Waals surface area (Å²) in [5.41, 5.74) is 0.0147. The zero-order chi connectivity index (χ0) is 25.9. The minimum absolute atomic E-state index is 0.0447. The lowest BCUT2D eigenvalue weighted by Gasteiger charge is -2.21. The van der Waals surface area contributed by atoms with Crippen LogP contribution in [0.15, 0.2) is 71.3 Å². The largest absolute Gasteiger partial charge is 0.417 e. The zero-order valence-corrected chi connectivity index (χ0v) is 19.0. The number of alkyl halides is 3. The fourth-order valence-electron chi connectivity index (χ4n) is 3.74. The Morgan fingerprint density at radius 2 is 1.72 bits per heavy atom. The molecule has 0 amide bonds. The topological polar surface area (TPSA) is 79.5 Å². The highest BCUT2D eigenvalue weighted by Gasteiger charge is 2.35. The Hall–Kier alpha value is -3.89. The first kappa shape index (κ1) is 25.2. The molecule has 1 heterocycles. The van der Waals surface area contributed by atoms with Crippen LogP contribution in [-0.4, -0.2) is 46.1 Å². The third-order valence-electron chi connectivity index (χ3n) is 5.72. The minimum Gasteiger partial charge on any atom is -0.394 e. The average Bonchev–Trinajstić information content (AvgIpc) is 3.35. The minimum atomic E-state index is -4.74. The smallest absolute Gasteiger partial charge is 0.394 e. The van der Waals surface area contributed by atoms with E-state index in [1.807, 2.05) is 0 Å². The van der Waals surface area contributed by atoms with E-state index in [1.54, 1.807) is 36.2 Å². The lowest BCUT2D eigenvalue weighted by atomic mass is 9.96. The van der Waals surface area contributed by atoms with E-state index in [-0.39, 0.29) is 35.0 Å². The van der Waals surface area contributed by atoms with E-state index in [0.717, 1.165) is 17.7 Å². The number of carbonyl (C=O) groups excluding carboxylic acids is 1. The second-order valence-electron chi connectivity index (χ2n) is 8.16. The van der Waals surface area contributed by atoms with Crippen LogP contribution >= 0.6 is 0 Å². The molecule has 4 rings (SSSR count). The molecule has 0 radical (unpaired) electrons. The van der Waals surface area contributed by atoms with Crippen LogP contribution in [0.4, 0.5) is 17.6 Å². The summed E-state index contributed by atoms with van der Waals surface area (Å²) < 4.78 is 60.9. The summed E-state index contributed by atoms with van der Waals surface area (Å²) in [7, 11) is 1.71. The summed E-state index contributed by atoms with van der Waals surface area (Å²) in [6.07, 6.45) is -4.07. The van der Waals surface area contributed by atoms with Gasteiger partial charge in [0.25, 0.3) is 5.89 Å². The highest BCUT2D eigenvalue weighted by Crippen LogP contribution is 2.40. The van der Waals surface area contributed by atoms with Gasteiger partial charge in [0.15, 0.2) is 0 Å². The molecule has 36 heavy (non-hydrogen) atoms. The predicted molar refractivity (Wildman–Crippen MR) is 124 cm³/mol. The molecular formula is C26H21F4N3O3. The van der Waals surface area contributed by atoms with E-state index in [0.29, 0.717) is 18.4 Å². The Labute approximate surface area is 203 Å². The number of carbonyl (C=O) groups is 1. The number of aromatic nitrogens is 2. The van der Waals surface area contributed by atoms with Crippen molar-refractivity contribution in [2.75, 3.05) is 13.7 Å². The first-order valence-electron chi connectivity index (χ1n) is 10.9. The van der Waals surface area contributed by atoms with E-state index in [1.165, 1.54) is 30.3 Å². The van der Waals surface area contributed by atoms with Gasteiger partial charge in [-0.25, -0.2) is 4.39 Å². The number of aldehydes is 1. The number of benzene rings is 3. The number of likely N-dealkylation sites (N-methyl/N-ethyl adjacent to an activating group) is 1. The van der Waals surface area contributed by atoms with E-state index >= 15 is 0 Å². The first-order chi connectivity index (χ1) is 17.2. The fraction of sp³-hybridized carbons (Fsp3) is 0.192. The van der Waals surface area contributed by atoms with Crippen LogP contribution in [0.3, 0.4) is 0 Å². The zero-order valence-electron chi connectivity index (χ0n) is 19.0. The Morgan fingerprint density at radius 3 is 2.36 bits per heavy atom. The molecule has 1 atom stereocenters. The number of rotatable bonds is 8. The van der Waals surface area contributed by atoms with Gasteiger partial charge in [-0.2, -0.15) is 18.2 Å². The Balaban J connectivity index is 1.60. The Kier molecular flexibility index (Phi) is 7.27. The van der Waals surface area contributed by atoms with Crippen molar-refractivity contribution < 1.29 is 32.0 Å². The first-order valence-corrected chi connectivity index (χ1v) is 10.9. The standard InChI is InChI=1S/C26H21F4N3O3/c1-33(19(14-34)15-35)13-16-6-8-17(9-7-16)24-31-25(36-32-24)18-10-11-20(22(12-18)26(28,29)30)21-4-2-3-5-23(21)27/h2-12,14,19,35H,13,15H2,1H3. The van der Waals surface area contributed by atoms with Gasteiger partial charge in [-0.15, -0.1) is 0 Å². The second kappa shape index (κ2) is 10.4. The summed E-state index contributed by atoms with van der Waals surface area (Å²) in [4.78, 5) is 16.9. The molecule has 0 saturated heterocycles. The van der Waals surface area contributed by atoms with E-state index in [4.69, 9.17) is 4.52 Å². The highest BCUT2D eigenvalue weighted by atomic mass is 19.4. The van der Waals surface area contributed by atoms with Crippen LogP contribution < -0.4 is 0 Å². The lowest BCUT2D eigenvalue weighted by molar-refractivity contribution is -0.137. The van der Waals surface area contributed by atoms with Crippen LogP contribution in [0.1, 0.15) is 11.1 Å². The number of halogens is 4. The number of nitrogens with zero attached hydrogens (tertiary/aromatic N) is 3. The summed E-state index contributed by atoms with van der Waals surface area (Å²) in [5, 5.41) is 13.1. The van der Waals surface area contributed by atoms with Crippen LogP contribution in [0, 0.1) is 5.82 Å². The Morgan fingerprint density at radius 1 is 1.03 bits per heavy atom. The molecule has 1 unspecified atom stereocenters. The average molecular weight is 499 g/mol. The van der Waals surface area contributed by atoms with Crippen LogP contribution in [0.2, 0.25) is 0 Å². The number of hydrogen-bond donors (Lipinski definition) is 1. The molecule has 0 spiro atoms. The SMILES string of the molecule is CN(Cc1ccc(-c2noc(-c3ccc(-c4ccccc4F)c(C(F)(F)F)c3)n2)cc1)C(C=O)CO. The number of aliphatic hydroxyl groups is 1. The van der Waals surface area contributed by atoms with Gasteiger partial charge < -0.3 is 14.4 Å². The summed E-state index contributed by atoms with van der Waals surface area (Å²) in [6.45, 7) is 0.122. The van der Waals surface area contributed by atoms with Crippen LogP contribution in [-0.2, 0) is 17.5 Å². The molecule has 186 valence electrons. The Bertz CT molecular complexity index is 1350. The maximum Gasteiger partial charge on any atom is 0.417 e. The maximum atomic E-state index is 14.2. The predicted octanol–water partition coefficient (Wildman–Crippen LogP) is 5.22.